The highest BCUT2D eigenvalue weighted by atomic mass is 35.5. The molecule has 7 heteroatoms. The summed E-state index contributed by atoms with van der Waals surface area (Å²) in [5, 5.41) is 2.34. The smallest absolute Gasteiger partial charge is 0.255 e. The molecule has 0 saturated heterocycles. The van der Waals surface area contributed by atoms with Crippen molar-refractivity contribution in [1.29, 1.82) is 0 Å². The van der Waals surface area contributed by atoms with Crippen molar-refractivity contribution in [2.75, 3.05) is 11.1 Å². The van der Waals surface area contributed by atoms with Gasteiger partial charge in [-0.3, -0.25) is 4.79 Å². The van der Waals surface area contributed by atoms with Crippen molar-refractivity contribution >= 4 is 28.9 Å². The van der Waals surface area contributed by atoms with Gasteiger partial charge in [0.25, 0.3) is 5.91 Å². The van der Waals surface area contributed by atoms with Crippen molar-refractivity contribution in [3.05, 3.63) is 58.4 Å². The SMILES string of the molecule is Nc1c(F)cc(C(=O)Nc2ccc(Cl)cc2F)cc1F. The van der Waals surface area contributed by atoms with Crippen LogP contribution in [0.2, 0.25) is 5.02 Å². The Hall–Kier alpha value is -2.21. The van der Waals surface area contributed by atoms with Crippen molar-refractivity contribution in [3.63, 3.8) is 0 Å². The van der Waals surface area contributed by atoms with E-state index in [4.69, 9.17) is 17.3 Å². The fourth-order valence-corrected chi connectivity index (χ4v) is 1.66. The Balaban J connectivity index is 2.28. The zero-order valence-electron chi connectivity index (χ0n) is 9.88. The van der Waals surface area contributed by atoms with Gasteiger partial charge in [-0.05, 0) is 30.3 Å². The van der Waals surface area contributed by atoms with E-state index in [2.05, 4.69) is 5.32 Å². The zero-order valence-corrected chi connectivity index (χ0v) is 10.6. The lowest BCUT2D eigenvalue weighted by molar-refractivity contribution is 0.102. The van der Waals surface area contributed by atoms with Crippen LogP contribution < -0.4 is 11.1 Å². The Kier molecular flexibility index (Phi) is 3.85. The second-order valence-corrected chi connectivity index (χ2v) is 4.37. The Bertz CT molecular complexity index is 668. The number of benzene rings is 2. The molecule has 20 heavy (non-hydrogen) atoms. The molecule has 0 heterocycles. The van der Waals surface area contributed by atoms with Crippen LogP contribution in [0.15, 0.2) is 30.3 Å². The van der Waals surface area contributed by atoms with Crippen LogP contribution in [-0.4, -0.2) is 5.91 Å². The first-order valence-corrected chi connectivity index (χ1v) is 5.77. The fourth-order valence-electron chi connectivity index (χ4n) is 1.50. The molecule has 0 aliphatic heterocycles. The van der Waals surface area contributed by atoms with Crippen LogP contribution >= 0.6 is 11.6 Å². The molecule has 0 saturated carbocycles. The minimum Gasteiger partial charge on any atom is -0.394 e. The number of nitrogens with two attached hydrogens (primary N) is 1. The number of carbonyl (C=O) groups is 1. The molecule has 0 atom stereocenters. The predicted molar refractivity (Wildman–Crippen MR) is 70.1 cm³/mol. The van der Waals surface area contributed by atoms with Gasteiger partial charge in [-0.2, -0.15) is 0 Å². The molecule has 3 N–H and O–H groups in total. The third kappa shape index (κ3) is 2.85. The van der Waals surface area contributed by atoms with Crippen LogP contribution in [0.3, 0.4) is 0 Å². The number of anilines is 2. The number of amides is 1. The molecule has 0 aliphatic rings. The number of rotatable bonds is 2. The summed E-state index contributed by atoms with van der Waals surface area (Å²) in [6.45, 7) is 0. The molecular weight excluding hydrogens is 293 g/mol. The van der Waals surface area contributed by atoms with Gasteiger partial charge in [-0.15, -0.1) is 0 Å². The monoisotopic (exact) mass is 300 g/mol. The van der Waals surface area contributed by atoms with Crippen LogP contribution in [0, 0.1) is 17.5 Å². The van der Waals surface area contributed by atoms with Gasteiger partial charge in [0.05, 0.1) is 5.69 Å². The fraction of sp³-hybridized carbons (Fsp3) is 0. The zero-order chi connectivity index (χ0) is 14.9. The summed E-state index contributed by atoms with van der Waals surface area (Å²) in [4.78, 5) is 11.8. The van der Waals surface area contributed by atoms with Gasteiger partial charge in [0.15, 0.2) is 0 Å². The molecule has 0 fully saturated rings. The first-order chi connectivity index (χ1) is 9.38. The van der Waals surface area contributed by atoms with E-state index in [9.17, 15) is 18.0 Å². The second kappa shape index (κ2) is 5.42. The maximum absolute atomic E-state index is 13.5. The van der Waals surface area contributed by atoms with Crippen LogP contribution in [-0.2, 0) is 0 Å². The highest BCUT2D eigenvalue weighted by Gasteiger charge is 2.14. The summed E-state index contributed by atoms with van der Waals surface area (Å²) >= 11 is 5.56. The maximum atomic E-state index is 13.5. The average molecular weight is 301 g/mol. The van der Waals surface area contributed by atoms with Crippen LogP contribution in [0.1, 0.15) is 10.4 Å². The average Bonchev–Trinajstić information content (AvgIpc) is 2.38. The van der Waals surface area contributed by atoms with Gasteiger partial charge in [-0.1, -0.05) is 11.6 Å². The third-order valence-electron chi connectivity index (χ3n) is 2.52. The van der Waals surface area contributed by atoms with Crippen LogP contribution in [0.5, 0.6) is 0 Å². The largest absolute Gasteiger partial charge is 0.394 e. The minimum atomic E-state index is -1.06. The molecule has 3 nitrogen and oxygen atoms in total. The Morgan fingerprint density at radius 1 is 1.05 bits per heavy atom. The van der Waals surface area contributed by atoms with Gasteiger partial charge in [0, 0.05) is 10.6 Å². The number of hydrogen-bond donors (Lipinski definition) is 2. The molecule has 0 radical (unpaired) electrons. The maximum Gasteiger partial charge on any atom is 0.255 e. The van der Waals surface area contributed by atoms with Crippen molar-refractivity contribution in [2.24, 2.45) is 0 Å². The molecule has 0 unspecified atom stereocenters. The minimum absolute atomic E-state index is 0.156. The molecular formula is C13H8ClF3N2O. The van der Waals surface area contributed by atoms with Gasteiger partial charge >= 0.3 is 0 Å². The summed E-state index contributed by atoms with van der Waals surface area (Å²) < 4.78 is 40.0. The van der Waals surface area contributed by atoms with E-state index in [0.717, 1.165) is 18.2 Å². The topological polar surface area (TPSA) is 55.1 Å². The molecule has 104 valence electrons. The van der Waals surface area contributed by atoms with Crippen LogP contribution in [0.25, 0.3) is 0 Å². The summed E-state index contributed by atoms with van der Waals surface area (Å²) in [5.74, 6) is -3.76. The van der Waals surface area contributed by atoms with E-state index in [0.29, 0.717) is 0 Å². The third-order valence-corrected chi connectivity index (χ3v) is 2.76. The van der Waals surface area contributed by atoms with Crippen molar-refractivity contribution < 1.29 is 18.0 Å². The standard InChI is InChI=1S/C13H8ClF3N2O/c14-7-1-2-11(8(15)5-7)19-13(20)6-3-9(16)12(18)10(17)4-6/h1-5H,18H2,(H,19,20). The van der Waals surface area contributed by atoms with Crippen molar-refractivity contribution in [2.45, 2.75) is 0 Å². The molecule has 0 bridgehead atoms. The lowest BCUT2D eigenvalue weighted by Crippen LogP contribution is -2.14. The van der Waals surface area contributed by atoms with Gasteiger partial charge in [0.2, 0.25) is 0 Å². The molecule has 1 amide bonds. The quantitative estimate of drug-likeness (QED) is 0.833. The first kappa shape index (κ1) is 14.2. The number of nitrogen functional groups attached to an aromatic ring is 1. The summed E-state index contributed by atoms with van der Waals surface area (Å²) in [7, 11) is 0. The van der Waals surface area contributed by atoms with E-state index in [-0.39, 0.29) is 16.3 Å². The van der Waals surface area contributed by atoms with E-state index in [1.54, 1.807) is 0 Å². The summed E-state index contributed by atoms with van der Waals surface area (Å²) in [5.41, 5.74) is 3.93. The highest BCUT2D eigenvalue weighted by molar-refractivity contribution is 6.30. The number of carbonyl (C=O) groups excluding carboxylic acids is 1. The van der Waals surface area contributed by atoms with Gasteiger partial charge in [-0.25, -0.2) is 13.2 Å². The molecule has 0 spiro atoms. The van der Waals surface area contributed by atoms with E-state index >= 15 is 0 Å². The number of nitrogens with one attached hydrogen (secondary N) is 1. The molecule has 2 aromatic rings. The molecule has 0 aliphatic carbocycles. The Labute approximate surface area is 117 Å². The van der Waals surface area contributed by atoms with E-state index in [1.165, 1.54) is 12.1 Å². The second-order valence-electron chi connectivity index (χ2n) is 3.93. The molecule has 2 rings (SSSR count). The van der Waals surface area contributed by atoms with E-state index in [1.807, 2.05) is 0 Å². The lowest BCUT2D eigenvalue weighted by atomic mass is 10.1. The predicted octanol–water partition coefficient (Wildman–Crippen LogP) is 3.59. The summed E-state index contributed by atoms with van der Waals surface area (Å²) in [6.07, 6.45) is 0. The lowest BCUT2D eigenvalue weighted by Gasteiger charge is -2.08. The van der Waals surface area contributed by atoms with E-state index < -0.39 is 29.0 Å². The number of halogens is 4. The molecule has 0 aromatic heterocycles. The van der Waals surface area contributed by atoms with Crippen molar-refractivity contribution in [3.8, 4) is 0 Å². The number of hydrogen-bond acceptors (Lipinski definition) is 2. The van der Waals surface area contributed by atoms with Crippen LogP contribution in [0.4, 0.5) is 24.5 Å². The van der Waals surface area contributed by atoms with Gasteiger partial charge in [0.1, 0.15) is 23.1 Å². The van der Waals surface area contributed by atoms with Gasteiger partial charge < -0.3 is 11.1 Å². The van der Waals surface area contributed by atoms with Crippen molar-refractivity contribution in [1.82, 2.24) is 0 Å². The first-order valence-electron chi connectivity index (χ1n) is 5.39. The highest BCUT2D eigenvalue weighted by Crippen LogP contribution is 2.21. The molecule has 2 aromatic carbocycles. The summed E-state index contributed by atoms with van der Waals surface area (Å²) in [6, 6.07) is 5.13. The normalized spacial score (nSPS) is 10.4. The Morgan fingerprint density at radius 2 is 1.65 bits per heavy atom. The Morgan fingerprint density at radius 3 is 2.20 bits per heavy atom.